The molecule has 2 saturated heterocycles. The highest BCUT2D eigenvalue weighted by Gasteiger charge is 2.27. The summed E-state index contributed by atoms with van der Waals surface area (Å²) in [5.74, 6) is 0.915. The van der Waals surface area contributed by atoms with Crippen molar-refractivity contribution < 1.29 is 17.6 Å². The minimum absolute atomic E-state index is 0.0946. The third-order valence-corrected chi connectivity index (χ3v) is 8.33. The molecule has 0 unspecified atom stereocenters. The van der Waals surface area contributed by atoms with Crippen molar-refractivity contribution in [3.63, 3.8) is 0 Å². The smallest absolute Gasteiger partial charge is 0.257 e. The van der Waals surface area contributed by atoms with Crippen LogP contribution in [0.5, 0.6) is 0 Å². The number of thioether (sulfide) groups is 1. The SMILES string of the molecule is C[C@H]1CCCN(C(=O)CSc2nc3cc(S(=O)(=O)N4CCCCC4)ccc3o2)C1. The molecule has 2 fully saturated rings. The highest BCUT2D eigenvalue weighted by atomic mass is 32.2. The summed E-state index contributed by atoms with van der Waals surface area (Å²) < 4.78 is 33.0. The van der Waals surface area contributed by atoms with E-state index in [4.69, 9.17) is 4.42 Å². The molecule has 9 heteroatoms. The zero-order chi connectivity index (χ0) is 20.4. The van der Waals surface area contributed by atoms with Crippen LogP contribution in [-0.4, -0.2) is 60.4 Å². The highest BCUT2D eigenvalue weighted by Crippen LogP contribution is 2.28. The minimum Gasteiger partial charge on any atom is -0.431 e. The Labute approximate surface area is 175 Å². The van der Waals surface area contributed by atoms with E-state index in [-0.39, 0.29) is 16.6 Å². The first-order valence-corrected chi connectivity index (χ1v) is 12.7. The lowest BCUT2D eigenvalue weighted by Crippen LogP contribution is -2.40. The van der Waals surface area contributed by atoms with E-state index in [1.165, 1.54) is 18.2 Å². The number of nitrogens with zero attached hydrogens (tertiary/aromatic N) is 3. The summed E-state index contributed by atoms with van der Waals surface area (Å²) in [6.45, 7) is 4.93. The van der Waals surface area contributed by atoms with Gasteiger partial charge in [0.05, 0.1) is 10.6 Å². The first-order chi connectivity index (χ1) is 13.9. The predicted molar refractivity (Wildman–Crippen MR) is 112 cm³/mol. The molecule has 1 atom stereocenters. The van der Waals surface area contributed by atoms with Crippen LogP contribution in [0.2, 0.25) is 0 Å². The largest absolute Gasteiger partial charge is 0.431 e. The maximum Gasteiger partial charge on any atom is 0.257 e. The van der Waals surface area contributed by atoms with Gasteiger partial charge in [0, 0.05) is 26.2 Å². The normalized spacial score (nSPS) is 21.6. The number of piperidine rings is 2. The van der Waals surface area contributed by atoms with Crippen molar-refractivity contribution in [3.8, 4) is 0 Å². The molecule has 1 aromatic carbocycles. The quantitative estimate of drug-likeness (QED) is 0.667. The molecule has 2 aliphatic heterocycles. The van der Waals surface area contributed by atoms with E-state index in [1.54, 1.807) is 22.5 Å². The van der Waals surface area contributed by atoms with Crippen LogP contribution in [0.15, 0.2) is 32.7 Å². The molecular formula is C20H27N3O4S2. The van der Waals surface area contributed by atoms with Crippen molar-refractivity contribution in [2.45, 2.75) is 49.1 Å². The number of aromatic nitrogens is 1. The van der Waals surface area contributed by atoms with Crippen molar-refractivity contribution in [1.29, 1.82) is 0 Å². The van der Waals surface area contributed by atoms with E-state index in [1.807, 2.05) is 4.90 Å². The number of benzene rings is 1. The molecule has 2 aliphatic rings. The average Bonchev–Trinajstić information content (AvgIpc) is 3.15. The summed E-state index contributed by atoms with van der Waals surface area (Å²) in [7, 11) is -3.51. The minimum atomic E-state index is -3.51. The zero-order valence-electron chi connectivity index (χ0n) is 16.7. The van der Waals surface area contributed by atoms with Crippen LogP contribution in [0.4, 0.5) is 0 Å². The molecule has 7 nitrogen and oxygen atoms in total. The lowest BCUT2D eigenvalue weighted by Gasteiger charge is -2.30. The van der Waals surface area contributed by atoms with Gasteiger partial charge in [-0.2, -0.15) is 4.31 Å². The molecule has 0 saturated carbocycles. The highest BCUT2D eigenvalue weighted by molar-refractivity contribution is 7.99. The molecule has 4 rings (SSSR count). The van der Waals surface area contributed by atoms with Crippen molar-refractivity contribution in [2.24, 2.45) is 5.92 Å². The van der Waals surface area contributed by atoms with Gasteiger partial charge in [0.2, 0.25) is 15.9 Å². The van der Waals surface area contributed by atoms with Gasteiger partial charge in [-0.15, -0.1) is 0 Å². The number of likely N-dealkylation sites (tertiary alicyclic amines) is 1. The Morgan fingerprint density at radius 2 is 2.00 bits per heavy atom. The van der Waals surface area contributed by atoms with Crippen LogP contribution in [0.3, 0.4) is 0 Å². The van der Waals surface area contributed by atoms with E-state index < -0.39 is 10.0 Å². The first kappa shape index (κ1) is 20.7. The molecule has 0 N–H and O–H groups in total. The molecule has 2 aromatic rings. The van der Waals surface area contributed by atoms with Gasteiger partial charge < -0.3 is 9.32 Å². The van der Waals surface area contributed by atoms with Gasteiger partial charge in [0.1, 0.15) is 5.52 Å². The third-order valence-electron chi connectivity index (χ3n) is 5.62. The number of hydrogen-bond acceptors (Lipinski definition) is 6. The summed E-state index contributed by atoms with van der Waals surface area (Å²) in [6, 6.07) is 4.80. The second kappa shape index (κ2) is 8.65. The van der Waals surface area contributed by atoms with E-state index in [9.17, 15) is 13.2 Å². The monoisotopic (exact) mass is 437 g/mol. The second-order valence-corrected chi connectivity index (χ2v) is 10.8. The standard InChI is InChI=1S/C20H27N3O4S2/c1-15-6-5-9-22(13-15)19(24)14-28-20-21-17-12-16(7-8-18(17)27-20)29(25,26)23-10-3-2-4-11-23/h7-8,12,15H,2-6,9-11,13-14H2,1H3/t15-/m0/s1. The number of fused-ring (bicyclic) bond motifs is 1. The van der Waals surface area contributed by atoms with Crippen LogP contribution >= 0.6 is 11.8 Å². The van der Waals surface area contributed by atoms with Crippen LogP contribution in [0, 0.1) is 5.92 Å². The van der Waals surface area contributed by atoms with E-state index >= 15 is 0 Å². The number of rotatable bonds is 5. The topological polar surface area (TPSA) is 83.7 Å². The van der Waals surface area contributed by atoms with Gasteiger partial charge in [-0.3, -0.25) is 4.79 Å². The Hall–Kier alpha value is -1.58. The molecule has 0 spiro atoms. The molecule has 29 heavy (non-hydrogen) atoms. The van der Waals surface area contributed by atoms with Crippen LogP contribution in [-0.2, 0) is 14.8 Å². The fourth-order valence-electron chi connectivity index (χ4n) is 3.99. The average molecular weight is 438 g/mol. The molecule has 1 aromatic heterocycles. The number of carbonyl (C=O) groups is 1. The molecule has 0 bridgehead atoms. The molecule has 0 radical (unpaired) electrons. The number of oxazole rings is 1. The summed E-state index contributed by atoms with van der Waals surface area (Å²) >= 11 is 1.26. The Morgan fingerprint density at radius 1 is 1.21 bits per heavy atom. The fourth-order valence-corrected chi connectivity index (χ4v) is 6.27. The Kier molecular flexibility index (Phi) is 6.17. The van der Waals surface area contributed by atoms with Crippen LogP contribution < -0.4 is 0 Å². The third kappa shape index (κ3) is 4.62. The van der Waals surface area contributed by atoms with Crippen molar-refractivity contribution >= 4 is 38.8 Å². The first-order valence-electron chi connectivity index (χ1n) is 10.2. The van der Waals surface area contributed by atoms with Crippen molar-refractivity contribution in [1.82, 2.24) is 14.2 Å². The fraction of sp³-hybridized carbons (Fsp3) is 0.600. The second-order valence-electron chi connectivity index (χ2n) is 7.95. The number of amides is 1. The zero-order valence-corrected chi connectivity index (χ0v) is 18.3. The maximum absolute atomic E-state index is 12.9. The van der Waals surface area contributed by atoms with Gasteiger partial charge in [-0.1, -0.05) is 25.1 Å². The number of carbonyl (C=O) groups excluding carboxylic acids is 1. The molecule has 0 aliphatic carbocycles. The van der Waals surface area contributed by atoms with Crippen molar-refractivity contribution in [2.75, 3.05) is 31.9 Å². The lowest BCUT2D eigenvalue weighted by atomic mass is 10.0. The Balaban J connectivity index is 1.45. The molecule has 3 heterocycles. The van der Waals surface area contributed by atoms with Crippen LogP contribution in [0.25, 0.3) is 11.1 Å². The van der Waals surface area contributed by atoms with Gasteiger partial charge in [0.25, 0.3) is 5.22 Å². The van der Waals surface area contributed by atoms with E-state index in [0.29, 0.717) is 35.3 Å². The summed E-state index contributed by atoms with van der Waals surface area (Å²) in [4.78, 5) is 19.0. The lowest BCUT2D eigenvalue weighted by molar-refractivity contribution is -0.130. The Bertz CT molecular complexity index is 983. The summed E-state index contributed by atoms with van der Waals surface area (Å²) in [5, 5.41) is 0.394. The number of sulfonamides is 1. The molecule has 1 amide bonds. The summed E-state index contributed by atoms with van der Waals surface area (Å²) in [5.41, 5.74) is 1.04. The number of hydrogen-bond donors (Lipinski definition) is 0. The predicted octanol–water partition coefficient (Wildman–Crippen LogP) is 3.35. The van der Waals surface area contributed by atoms with Gasteiger partial charge in [-0.05, 0) is 49.8 Å². The van der Waals surface area contributed by atoms with E-state index in [2.05, 4.69) is 11.9 Å². The molecular weight excluding hydrogens is 410 g/mol. The van der Waals surface area contributed by atoms with Gasteiger partial charge in [0.15, 0.2) is 5.58 Å². The Morgan fingerprint density at radius 3 is 2.76 bits per heavy atom. The maximum atomic E-state index is 12.9. The molecule has 158 valence electrons. The van der Waals surface area contributed by atoms with Crippen LogP contribution in [0.1, 0.15) is 39.0 Å². The van der Waals surface area contributed by atoms with Gasteiger partial charge >= 0.3 is 0 Å². The van der Waals surface area contributed by atoms with Gasteiger partial charge in [-0.25, -0.2) is 13.4 Å². The van der Waals surface area contributed by atoms with Crippen molar-refractivity contribution in [3.05, 3.63) is 18.2 Å². The van der Waals surface area contributed by atoms with E-state index in [0.717, 1.165) is 38.8 Å². The summed E-state index contributed by atoms with van der Waals surface area (Å²) in [6.07, 6.45) is 5.09.